The lowest BCUT2D eigenvalue weighted by Crippen LogP contribution is -2.27. The normalized spacial score (nSPS) is 19.8. The van der Waals surface area contributed by atoms with E-state index in [1.54, 1.807) is 0 Å². The molecule has 158 valence electrons. The van der Waals surface area contributed by atoms with Gasteiger partial charge in [-0.15, -0.1) is 0 Å². The highest BCUT2D eigenvalue weighted by atomic mass is 15.2. The zero-order valence-electron chi connectivity index (χ0n) is 17.9. The maximum atomic E-state index is 4.99. The monoisotopic (exact) mass is 420 g/mol. The van der Waals surface area contributed by atoms with Crippen LogP contribution in [0.1, 0.15) is 34.2 Å². The highest BCUT2D eigenvalue weighted by Crippen LogP contribution is 2.21. The van der Waals surface area contributed by atoms with Gasteiger partial charge in [0.2, 0.25) is 0 Å². The van der Waals surface area contributed by atoms with E-state index in [-0.39, 0.29) is 0 Å². The lowest BCUT2D eigenvalue weighted by atomic mass is 10.2. The van der Waals surface area contributed by atoms with Crippen LogP contribution >= 0.6 is 0 Å². The van der Waals surface area contributed by atoms with E-state index in [0.717, 1.165) is 84.8 Å². The highest BCUT2D eigenvalue weighted by molar-refractivity contribution is 5.54. The number of hydrogen-bond acceptors (Lipinski definition) is 6. The van der Waals surface area contributed by atoms with Crippen molar-refractivity contribution >= 4 is 0 Å². The minimum Gasteiger partial charge on any atom is -0.286 e. The first-order chi connectivity index (χ1) is 15.8. The van der Waals surface area contributed by atoms with Crippen molar-refractivity contribution in [3.8, 4) is 11.4 Å². The molecular weight excluding hydrogens is 396 g/mol. The summed E-state index contributed by atoms with van der Waals surface area (Å²) in [5.74, 6) is 0. The van der Waals surface area contributed by atoms with Crippen LogP contribution in [0, 0.1) is 0 Å². The van der Waals surface area contributed by atoms with Crippen molar-refractivity contribution < 1.29 is 0 Å². The summed E-state index contributed by atoms with van der Waals surface area (Å²) < 4.78 is 0. The Morgan fingerprint density at radius 2 is 0.656 bits per heavy atom. The molecule has 0 saturated carbocycles. The van der Waals surface area contributed by atoms with Crippen molar-refractivity contribution in [1.29, 1.82) is 0 Å². The van der Waals surface area contributed by atoms with Gasteiger partial charge in [-0.25, -0.2) is 9.97 Å². The van der Waals surface area contributed by atoms with Gasteiger partial charge in [0.1, 0.15) is 0 Å². The van der Waals surface area contributed by atoms with Gasteiger partial charge in [-0.1, -0.05) is 24.3 Å². The second-order valence-corrected chi connectivity index (χ2v) is 8.56. The lowest BCUT2D eigenvalue weighted by molar-refractivity contribution is 0.225. The van der Waals surface area contributed by atoms with Gasteiger partial charge < -0.3 is 0 Å². The van der Waals surface area contributed by atoms with E-state index >= 15 is 0 Å². The van der Waals surface area contributed by atoms with Crippen LogP contribution in [0.5, 0.6) is 0 Å². The first kappa shape index (κ1) is 19.2. The second-order valence-electron chi connectivity index (χ2n) is 8.56. The summed E-state index contributed by atoms with van der Waals surface area (Å²) in [5.41, 5.74) is 8.17. The molecule has 0 aliphatic carbocycles. The molecule has 0 amide bonds. The first-order valence-electron chi connectivity index (χ1n) is 11.0. The second kappa shape index (κ2) is 8.22. The Kier molecular flexibility index (Phi) is 4.94. The van der Waals surface area contributed by atoms with Crippen molar-refractivity contribution in [1.82, 2.24) is 29.7 Å². The SMILES string of the molecule is c1cc2nc(c1)CN1Cc3cccc(n3)CN(C2)Cc2cccc(n2)-c2cccc(n2)C1. The third-order valence-corrected chi connectivity index (χ3v) is 5.92. The molecule has 6 nitrogen and oxygen atoms in total. The van der Waals surface area contributed by atoms with Crippen LogP contribution in [0.3, 0.4) is 0 Å². The van der Waals surface area contributed by atoms with Crippen LogP contribution in [-0.4, -0.2) is 29.7 Å². The number of nitrogens with zero attached hydrogens (tertiary/aromatic N) is 6. The Balaban J connectivity index is 1.54. The molecule has 4 aromatic rings. The minimum atomic E-state index is 0.720. The molecule has 0 N–H and O–H groups in total. The summed E-state index contributed by atoms with van der Waals surface area (Å²) in [5, 5.41) is 0. The van der Waals surface area contributed by atoms with Gasteiger partial charge in [0.25, 0.3) is 0 Å². The van der Waals surface area contributed by atoms with Crippen LogP contribution in [0.15, 0.2) is 72.8 Å². The van der Waals surface area contributed by atoms with E-state index in [9.17, 15) is 0 Å². The molecule has 0 unspecified atom stereocenters. The van der Waals surface area contributed by atoms with Gasteiger partial charge >= 0.3 is 0 Å². The van der Waals surface area contributed by atoms with E-state index < -0.39 is 0 Å². The van der Waals surface area contributed by atoms with Crippen LogP contribution in [-0.2, 0) is 39.3 Å². The smallest absolute Gasteiger partial charge is 0.0890 e. The Morgan fingerprint density at radius 1 is 0.375 bits per heavy atom. The third kappa shape index (κ3) is 4.15. The maximum Gasteiger partial charge on any atom is 0.0890 e. The molecule has 3 aliphatic heterocycles. The number of aromatic nitrogens is 4. The van der Waals surface area contributed by atoms with Gasteiger partial charge in [-0.3, -0.25) is 19.8 Å². The molecule has 0 fully saturated rings. The van der Waals surface area contributed by atoms with Gasteiger partial charge in [0, 0.05) is 39.3 Å². The fourth-order valence-electron chi connectivity index (χ4n) is 4.54. The molecule has 6 heteroatoms. The summed E-state index contributed by atoms with van der Waals surface area (Å²) >= 11 is 0. The number of rotatable bonds is 0. The molecule has 3 aliphatic rings. The largest absolute Gasteiger partial charge is 0.286 e. The van der Waals surface area contributed by atoms with Crippen molar-refractivity contribution in [2.45, 2.75) is 39.3 Å². The zero-order chi connectivity index (χ0) is 21.3. The highest BCUT2D eigenvalue weighted by Gasteiger charge is 2.17. The molecule has 10 bridgehead atoms. The predicted molar refractivity (Wildman–Crippen MR) is 122 cm³/mol. The molecule has 0 aromatic carbocycles. The summed E-state index contributed by atoms with van der Waals surface area (Å²) in [6, 6.07) is 25.1. The summed E-state index contributed by atoms with van der Waals surface area (Å²) in [4.78, 5) is 24.6. The molecule has 0 spiro atoms. The molecule has 32 heavy (non-hydrogen) atoms. The van der Waals surface area contributed by atoms with Gasteiger partial charge in [-0.2, -0.15) is 0 Å². The predicted octanol–water partition coefficient (Wildman–Crippen LogP) is 3.97. The van der Waals surface area contributed by atoms with E-state index in [1.165, 1.54) is 0 Å². The van der Waals surface area contributed by atoms with E-state index in [4.69, 9.17) is 19.9 Å². The molecular formula is C26H24N6. The molecule has 7 rings (SSSR count). The standard InChI is InChI=1S/C26H24N6/c1-5-19-13-31-15-21-7-2-8-22(28-21)16-32(14-20(6-1)27-19)18-24-10-4-12-26(30-24)25-11-3-9-23(17-31)29-25/h1-12H,13-18H2. The average Bonchev–Trinajstić information content (AvgIpc) is 2.79. The third-order valence-electron chi connectivity index (χ3n) is 5.92. The van der Waals surface area contributed by atoms with Gasteiger partial charge in [0.05, 0.1) is 45.6 Å². The zero-order valence-corrected chi connectivity index (χ0v) is 17.9. The van der Waals surface area contributed by atoms with E-state index in [0.29, 0.717) is 0 Å². The lowest BCUT2D eigenvalue weighted by Gasteiger charge is -2.25. The first-order valence-corrected chi connectivity index (χ1v) is 11.0. The number of pyridine rings is 4. The van der Waals surface area contributed by atoms with E-state index in [1.807, 2.05) is 12.1 Å². The maximum absolute atomic E-state index is 4.99. The Labute approximate surface area is 187 Å². The van der Waals surface area contributed by atoms with Crippen LogP contribution in [0.4, 0.5) is 0 Å². The Hall–Kier alpha value is -3.48. The topological polar surface area (TPSA) is 58.0 Å². The van der Waals surface area contributed by atoms with Crippen molar-refractivity contribution in [3.05, 3.63) is 107 Å². The average molecular weight is 421 g/mol. The fourth-order valence-corrected chi connectivity index (χ4v) is 4.54. The quantitative estimate of drug-likeness (QED) is 0.429. The molecule has 0 radical (unpaired) electrons. The molecule has 7 heterocycles. The molecule has 0 saturated heterocycles. The van der Waals surface area contributed by atoms with Crippen molar-refractivity contribution in [2.75, 3.05) is 0 Å². The van der Waals surface area contributed by atoms with Crippen molar-refractivity contribution in [2.24, 2.45) is 0 Å². The number of hydrogen-bond donors (Lipinski definition) is 0. The van der Waals surface area contributed by atoms with Crippen LogP contribution in [0.2, 0.25) is 0 Å². The molecule has 4 aromatic heterocycles. The fraction of sp³-hybridized carbons (Fsp3) is 0.231. The minimum absolute atomic E-state index is 0.720. The Bertz CT molecular complexity index is 1130. The summed E-state index contributed by atoms with van der Waals surface area (Å²) in [7, 11) is 0. The van der Waals surface area contributed by atoms with E-state index in [2.05, 4.69) is 70.5 Å². The Morgan fingerprint density at radius 3 is 1.00 bits per heavy atom. The summed E-state index contributed by atoms with van der Waals surface area (Å²) in [6.07, 6.45) is 0. The van der Waals surface area contributed by atoms with Gasteiger partial charge in [-0.05, 0) is 48.5 Å². The molecule has 0 atom stereocenters. The van der Waals surface area contributed by atoms with Crippen molar-refractivity contribution in [3.63, 3.8) is 0 Å². The van der Waals surface area contributed by atoms with Crippen LogP contribution in [0.25, 0.3) is 11.4 Å². The van der Waals surface area contributed by atoms with Crippen LogP contribution < -0.4 is 0 Å². The summed E-state index contributed by atoms with van der Waals surface area (Å²) in [6.45, 7) is 4.43. The van der Waals surface area contributed by atoms with Gasteiger partial charge in [0.15, 0.2) is 0 Å².